The first-order valence-corrected chi connectivity index (χ1v) is 12.2. The van der Waals surface area contributed by atoms with E-state index in [1.807, 2.05) is 25.7 Å². The van der Waals surface area contributed by atoms with Gasteiger partial charge in [-0.1, -0.05) is 20.8 Å². The number of carbonyl (C=O) groups is 3. The third-order valence-electron chi connectivity index (χ3n) is 6.83. The Labute approximate surface area is 201 Å². The van der Waals surface area contributed by atoms with Crippen LogP contribution >= 0.6 is 0 Å². The average molecular weight is 487 g/mol. The highest BCUT2D eigenvalue weighted by atomic mass is 16.4. The summed E-state index contributed by atoms with van der Waals surface area (Å²) in [6.07, 6.45) is -2.55. The van der Waals surface area contributed by atoms with Gasteiger partial charge in [-0.15, -0.1) is 0 Å². The van der Waals surface area contributed by atoms with Crippen LogP contribution in [0.5, 0.6) is 0 Å². The minimum Gasteiger partial charge on any atom is -0.394 e. The maximum atomic E-state index is 13.3. The molecule has 0 aromatic rings. The van der Waals surface area contributed by atoms with Gasteiger partial charge in [0.25, 0.3) is 0 Å². The van der Waals surface area contributed by atoms with Crippen molar-refractivity contribution in [2.45, 2.75) is 89.3 Å². The normalized spacial score (nSPS) is 24.6. The molecule has 0 aromatic heterocycles. The Morgan fingerprint density at radius 2 is 1.79 bits per heavy atom. The van der Waals surface area contributed by atoms with Crippen LogP contribution in [0.3, 0.4) is 0 Å². The first-order valence-electron chi connectivity index (χ1n) is 12.2. The third kappa shape index (κ3) is 6.45. The Balaban J connectivity index is 2.13. The minimum absolute atomic E-state index is 0.0451. The van der Waals surface area contributed by atoms with E-state index in [4.69, 9.17) is 5.11 Å². The van der Waals surface area contributed by atoms with Crippen molar-refractivity contribution in [2.75, 3.05) is 32.8 Å². The summed E-state index contributed by atoms with van der Waals surface area (Å²) in [4.78, 5) is 41.9. The fraction of sp³-hybridized carbons (Fsp3) is 0.870. The molecule has 0 aromatic carbocycles. The number of nitrogens with one attached hydrogen (secondary N) is 2. The molecular weight excluding hydrogens is 444 g/mol. The van der Waals surface area contributed by atoms with Crippen molar-refractivity contribution in [3.05, 3.63) is 0 Å². The first-order chi connectivity index (χ1) is 16.0. The van der Waals surface area contributed by atoms with Gasteiger partial charge in [0, 0.05) is 33.1 Å². The second-order valence-corrected chi connectivity index (χ2v) is 10.0. The highest BCUT2D eigenvalue weighted by molar-refractivity contribution is 6.00. The van der Waals surface area contributed by atoms with Crippen molar-refractivity contribution in [3.8, 4) is 0 Å². The quantitative estimate of drug-likeness (QED) is 0.199. The minimum atomic E-state index is -1.64. The van der Waals surface area contributed by atoms with Crippen molar-refractivity contribution in [3.63, 3.8) is 0 Å². The highest BCUT2D eigenvalue weighted by Gasteiger charge is 2.53. The Bertz CT molecular complexity index is 711. The van der Waals surface area contributed by atoms with E-state index in [-0.39, 0.29) is 24.3 Å². The number of likely N-dealkylation sites (tertiary alicyclic amines) is 1. The average Bonchev–Trinajstić information content (AvgIpc) is 2.79. The lowest BCUT2D eigenvalue weighted by molar-refractivity contribution is -0.162. The van der Waals surface area contributed by atoms with Crippen LogP contribution in [0.1, 0.15) is 53.4 Å². The van der Waals surface area contributed by atoms with Crippen LogP contribution in [0, 0.1) is 5.92 Å². The second-order valence-electron chi connectivity index (χ2n) is 10.0. The summed E-state index contributed by atoms with van der Waals surface area (Å²) < 4.78 is 0. The van der Waals surface area contributed by atoms with E-state index in [1.54, 1.807) is 4.90 Å². The van der Waals surface area contributed by atoms with Gasteiger partial charge >= 0.3 is 0 Å². The Morgan fingerprint density at radius 3 is 2.29 bits per heavy atom. The molecule has 2 heterocycles. The standard InChI is InChI=1S/C23H42N4O7/c1-5-8-27-21(33)16(11-14(2)3)25-22(34)23(27)6-9-26(10-7-23)12-17(24-15(4)29)19(31)20(32)18(30)13-28/h14,16-20,28,30-32H,5-13H2,1-4H3,(H,24,29)(H,25,34)/t16?,17-,18+,19+,20-/m0/s1. The van der Waals surface area contributed by atoms with E-state index < -0.39 is 48.4 Å². The summed E-state index contributed by atoms with van der Waals surface area (Å²) in [7, 11) is 0. The van der Waals surface area contributed by atoms with Crippen LogP contribution in [0.15, 0.2) is 0 Å². The van der Waals surface area contributed by atoms with Gasteiger partial charge in [0.15, 0.2) is 0 Å². The van der Waals surface area contributed by atoms with E-state index in [9.17, 15) is 29.7 Å². The predicted molar refractivity (Wildman–Crippen MR) is 125 cm³/mol. The molecule has 3 amide bonds. The molecule has 11 heteroatoms. The molecule has 2 rings (SSSR count). The van der Waals surface area contributed by atoms with Crippen molar-refractivity contribution in [2.24, 2.45) is 5.92 Å². The number of rotatable bonds is 11. The van der Waals surface area contributed by atoms with Gasteiger partial charge in [-0.3, -0.25) is 14.4 Å². The van der Waals surface area contributed by atoms with Crippen LogP contribution in [0.25, 0.3) is 0 Å². The summed E-state index contributed by atoms with van der Waals surface area (Å²) in [6, 6.07) is -1.41. The number of amides is 3. The number of carbonyl (C=O) groups excluding carboxylic acids is 3. The molecule has 196 valence electrons. The van der Waals surface area contributed by atoms with Crippen molar-refractivity contribution in [1.82, 2.24) is 20.4 Å². The van der Waals surface area contributed by atoms with Crippen LogP contribution in [0.4, 0.5) is 0 Å². The van der Waals surface area contributed by atoms with Crippen molar-refractivity contribution >= 4 is 17.7 Å². The number of nitrogens with zero attached hydrogens (tertiary/aromatic N) is 2. The van der Waals surface area contributed by atoms with Crippen LogP contribution in [0.2, 0.25) is 0 Å². The van der Waals surface area contributed by atoms with Crippen molar-refractivity contribution < 1.29 is 34.8 Å². The zero-order valence-corrected chi connectivity index (χ0v) is 20.7. The lowest BCUT2D eigenvalue weighted by Gasteiger charge is -2.52. The van der Waals surface area contributed by atoms with Gasteiger partial charge in [-0.05, 0) is 31.6 Å². The molecule has 0 bridgehead atoms. The summed E-state index contributed by atoms with van der Waals surface area (Å²) in [6.45, 7) is 8.12. The zero-order valence-electron chi connectivity index (χ0n) is 20.7. The zero-order chi connectivity index (χ0) is 25.6. The molecule has 2 fully saturated rings. The number of piperazine rings is 1. The molecule has 2 aliphatic rings. The smallest absolute Gasteiger partial charge is 0.246 e. The molecule has 2 saturated heterocycles. The molecule has 11 nitrogen and oxygen atoms in total. The third-order valence-corrected chi connectivity index (χ3v) is 6.83. The summed E-state index contributed by atoms with van der Waals surface area (Å²) >= 11 is 0. The fourth-order valence-electron chi connectivity index (χ4n) is 5.01. The molecular formula is C23H42N4O7. The van der Waals surface area contributed by atoms with E-state index in [0.29, 0.717) is 38.9 Å². The molecule has 34 heavy (non-hydrogen) atoms. The van der Waals surface area contributed by atoms with E-state index in [2.05, 4.69) is 10.6 Å². The Morgan fingerprint density at radius 1 is 1.18 bits per heavy atom. The lowest BCUT2D eigenvalue weighted by atomic mass is 9.80. The lowest BCUT2D eigenvalue weighted by Crippen LogP contribution is -2.73. The van der Waals surface area contributed by atoms with E-state index in [1.165, 1.54) is 6.92 Å². The molecule has 1 spiro atoms. The molecule has 0 radical (unpaired) electrons. The molecule has 5 atom stereocenters. The van der Waals surface area contributed by atoms with Gasteiger partial charge in [0.05, 0.1) is 12.6 Å². The number of hydrogen-bond acceptors (Lipinski definition) is 8. The van der Waals surface area contributed by atoms with Gasteiger partial charge in [0.1, 0.15) is 29.9 Å². The number of aliphatic hydroxyl groups excluding tert-OH is 4. The maximum Gasteiger partial charge on any atom is 0.246 e. The van der Waals surface area contributed by atoms with Gasteiger partial charge in [-0.25, -0.2) is 0 Å². The fourth-order valence-corrected chi connectivity index (χ4v) is 5.01. The molecule has 2 aliphatic heterocycles. The second kappa shape index (κ2) is 12.3. The SMILES string of the molecule is CCCN1C(=O)C(CC(C)C)NC(=O)C12CCN(C[C@H](NC(C)=O)[C@@H](O)[C@@H](O)[C@H](O)CO)CC2. The number of aliphatic hydroxyl groups is 4. The molecule has 0 aliphatic carbocycles. The topological polar surface area (TPSA) is 163 Å². The molecule has 0 saturated carbocycles. The van der Waals surface area contributed by atoms with E-state index in [0.717, 1.165) is 6.42 Å². The van der Waals surface area contributed by atoms with Gasteiger partial charge in [0.2, 0.25) is 17.7 Å². The number of piperidine rings is 1. The summed E-state index contributed by atoms with van der Waals surface area (Å²) in [5.41, 5.74) is -0.925. The monoisotopic (exact) mass is 486 g/mol. The predicted octanol–water partition coefficient (Wildman–Crippen LogP) is -1.82. The maximum absolute atomic E-state index is 13.3. The Kier molecular flexibility index (Phi) is 10.3. The first kappa shape index (κ1) is 28.4. The van der Waals surface area contributed by atoms with Crippen molar-refractivity contribution in [1.29, 1.82) is 0 Å². The summed E-state index contributed by atoms with van der Waals surface area (Å²) in [5, 5.41) is 44.9. The number of hydrogen-bond donors (Lipinski definition) is 6. The molecule has 1 unspecified atom stereocenters. The van der Waals surface area contributed by atoms with Crippen LogP contribution in [-0.2, 0) is 14.4 Å². The van der Waals surface area contributed by atoms with Crippen LogP contribution < -0.4 is 10.6 Å². The van der Waals surface area contributed by atoms with Gasteiger partial charge < -0.3 is 40.9 Å². The molecule has 6 N–H and O–H groups in total. The Hall–Kier alpha value is -1.79. The highest BCUT2D eigenvalue weighted by Crippen LogP contribution is 2.34. The largest absolute Gasteiger partial charge is 0.394 e. The summed E-state index contributed by atoms with van der Waals surface area (Å²) in [5.74, 6) is -0.321. The van der Waals surface area contributed by atoms with Gasteiger partial charge in [-0.2, -0.15) is 0 Å². The van der Waals surface area contributed by atoms with Crippen LogP contribution in [-0.4, -0.2) is 117 Å². The van der Waals surface area contributed by atoms with E-state index >= 15 is 0 Å².